The average molecular weight is 289 g/mol. The van der Waals surface area contributed by atoms with Gasteiger partial charge in [0.1, 0.15) is 0 Å². The molecule has 1 aromatic carbocycles. The minimum atomic E-state index is -0.372. The lowest BCUT2D eigenvalue weighted by atomic mass is 9.90. The predicted molar refractivity (Wildman–Crippen MR) is 87.6 cm³/mol. The van der Waals surface area contributed by atoms with E-state index in [1.807, 2.05) is 23.1 Å². The van der Waals surface area contributed by atoms with E-state index in [0.717, 1.165) is 39.3 Å². The second kappa shape index (κ2) is 6.94. The maximum atomic E-state index is 12.8. The molecule has 1 aliphatic heterocycles. The molecule has 0 unspecified atom stereocenters. The van der Waals surface area contributed by atoms with Gasteiger partial charge in [-0.25, -0.2) is 0 Å². The van der Waals surface area contributed by atoms with E-state index in [9.17, 15) is 4.79 Å². The lowest BCUT2D eigenvalue weighted by molar-refractivity contribution is -0.140. The zero-order valence-corrected chi connectivity index (χ0v) is 13.4. The van der Waals surface area contributed by atoms with Gasteiger partial charge in [0.25, 0.3) is 0 Å². The van der Waals surface area contributed by atoms with Crippen LogP contribution < -0.4 is 10.2 Å². The Bertz CT molecular complexity index is 452. The molecule has 1 heterocycles. The molecule has 1 saturated heterocycles. The maximum absolute atomic E-state index is 12.8. The molecular weight excluding hydrogens is 262 g/mol. The van der Waals surface area contributed by atoms with Crippen molar-refractivity contribution in [1.29, 1.82) is 0 Å². The van der Waals surface area contributed by atoms with Gasteiger partial charge in [0.05, 0.1) is 5.41 Å². The summed E-state index contributed by atoms with van der Waals surface area (Å²) in [4.78, 5) is 17.0. The van der Waals surface area contributed by atoms with E-state index >= 15 is 0 Å². The molecule has 1 fully saturated rings. The number of benzene rings is 1. The lowest BCUT2D eigenvalue weighted by Crippen LogP contribution is -2.53. The van der Waals surface area contributed by atoms with Gasteiger partial charge in [-0.2, -0.15) is 0 Å². The van der Waals surface area contributed by atoms with Gasteiger partial charge in [-0.15, -0.1) is 0 Å². The Morgan fingerprint density at radius 3 is 2.43 bits per heavy atom. The topological polar surface area (TPSA) is 35.6 Å². The van der Waals surface area contributed by atoms with Crippen molar-refractivity contribution >= 4 is 11.6 Å². The minimum absolute atomic E-state index is 0.262. The average Bonchev–Trinajstić information content (AvgIpc) is 2.53. The van der Waals surface area contributed by atoms with Crippen molar-refractivity contribution in [3.63, 3.8) is 0 Å². The zero-order valence-electron chi connectivity index (χ0n) is 13.4. The lowest BCUT2D eigenvalue weighted by Gasteiger charge is -2.38. The number of nitrogens with zero attached hydrogens (tertiary/aromatic N) is 2. The van der Waals surface area contributed by atoms with E-state index in [1.165, 1.54) is 5.69 Å². The fourth-order valence-corrected chi connectivity index (χ4v) is 2.87. The van der Waals surface area contributed by atoms with Crippen molar-refractivity contribution < 1.29 is 4.79 Å². The Kier molecular flexibility index (Phi) is 5.23. The molecule has 4 nitrogen and oxygen atoms in total. The molecule has 21 heavy (non-hydrogen) atoms. The Morgan fingerprint density at radius 1 is 1.24 bits per heavy atom. The Labute approximate surface area is 128 Å². The molecule has 4 heteroatoms. The minimum Gasteiger partial charge on any atom is -0.371 e. The Morgan fingerprint density at radius 2 is 1.86 bits per heavy atom. The van der Waals surface area contributed by atoms with Crippen molar-refractivity contribution in [3.05, 3.63) is 30.3 Å². The van der Waals surface area contributed by atoms with E-state index in [2.05, 4.69) is 43.1 Å². The van der Waals surface area contributed by atoms with E-state index < -0.39 is 0 Å². The summed E-state index contributed by atoms with van der Waals surface area (Å²) in [6.45, 7) is 11.3. The molecule has 0 aliphatic carbocycles. The van der Waals surface area contributed by atoms with Crippen molar-refractivity contribution in [2.45, 2.75) is 20.8 Å². The van der Waals surface area contributed by atoms with E-state index in [-0.39, 0.29) is 11.3 Å². The number of amides is 1. The van der Waals surface area contributed by atoms with Crippen LogP contribution in [-0.4, -0.2) is 50.1 Å². The van der Waals surface area contributed by atoms with Crippen molar-refractivity contribution in [1.82, 2.24) is 10.2 Å². The number of hydrogen-bond donors (Lipinski definition) is 1. The van der Waals surface area contributed by atoms with Crippen LogP contribution in [0.2, 0.25) is 0 Å². The molecule has 0 saturated carbocycles. The third-order valence-electron chi connectivity index (χ3n) is 4.07. The first-order valence-corrected chi connectivity index (χ1v) is 7.84. The van der Waals surface area contributed by atoms with Gasteiger partial charge in [0, 0.05) is 45.0 Å². The summed E-state index contributed by atoms with van der Waals surface area (Å²) in [7, 11) is 0. The number of hydrogen-bond acceptors (Lipinski definition) is 3. The first kappa shape index (κ1) is 15.8. The molecule has 1 aromatic rings. The second-order valence-electron chi connectivity index (χ2n) is 6.28. The predicted octanol–water partition coefficient (Wildman–Crippen LogP) is 1.97. The Balaban J connectivity index is 2.05. The highest BCUT2D eigenvalue weighted by atomic mass is 16.2. The van der Waals surface area contributed by atoms with Crippen LogP contribution in [0.1, 0.15) is 20.8 Å². The number of rotatable bonds is 5. The third-order valence-corrected chi connectivity index (χ3v) is 4.07. The van der Waals surface area contributed by atoms with Gasteiger partial charge in [-0.3, -0.25) is 4.79 Å². The number of para-hydroxylation sites is 1. The molecule has 1 N–H and O–H groups in total. The molecule has 1 amide bonds. The normalized spacial score (nSPS) is 15.9. The zero-order chi connectivity index (χ0) is 15.3. The molecule has 0 bridgehead atoms. The molecule has 0 spiro atoms. The summed E-state index contributed by atoms with van der Waals surface area (Å²) < 4.78 is 0. The molecule has 116 valence electrons. The third kappa shape index (κ3) is 3.97. The SMILES string of the molecule is CCN(CC(C)(C)C(=O)N1CCNCC1)c1ccccc1. The standard InChI is InChI=1S/C17H27N3O/c1-4-19(15-8-6-5-7-9-15)14-17(2,3)16(21)20-12-10-18-11-13-20/h5-9,18H,4,10-14H2,1-3H3. The van der Waals surface area contributed by atoms with Crippen LogP contribution in [-0.2, 0) is 4.79 Å². The van der Waals surface area contributed by atoms with Gasteiger partial charge in [-0.05, 0) is 32.9 Å². The fraction of sp³-hybridized carbons (Fsp3) is 0.588. The summed E-state index contributed by atoms with van der Waals surface area (Å²) >= 11 is 0. The number of carbonyl (C=O) groups is 1. The van der Waals surface area contributed by atoms with Crippen LogP contribution in [0.3, 0.4) is 0 Å². The fourth-order valence-electron chi connectivity index (χ4n) is 2.87. The highest BCUT2D eigenvalue weighted by Crippen LogP contribution is 2.24. The number of anilines is 1. The number of piperazine rings is 1. The molecular formula is C17H27N3O. The molecule has 0 radical (unpaired) electrons. The van der Waals surface area contributed by atoms with Gasteiger partial charge < -0.3 is 15.1 Å². The highest BCUT2D eigenvalue weighted by Gasteiger charge is 2.34. The summed E-state index contributed by atoms with van der Waals surface area (Å²) in [5, 5.41) is 3.29. The molecule has 2 rings (SSSR count). The Hall–Kier alpha value is -1.55. The quantitative estimate of drug-likeness (QED) is 0.900. The number of carbonyl (C=O) groups excluding carboxylic acids is 1. The van der Waals surface area contributed by atoms with Crippen molar-refractivity contribution in [3.8, 4) is 0 Å². The van der Waals surface area contributed by atoms with Gasteiger partial charge >= 0.3 is 0 Å². The maximum Gasteiger partial charge on any atom is 0.230 e. The summed E-state index contributed by atoms with van der Waals surface area (Å²) in [6, 6.07) is 10.3. The van der Waals surface area contributed by atoms with E-state index in [4.69, 9.17) is 0 Å². The summed E-state index contributed by atoms with van der Waals surface area (Å²) in [5.74, 6) is 0.262. The van der Waals surface area contributed by atoms with Crippen molar-refractivity contribution in [2.75, 3.05) is 44.2 Å². The van der Waals surface area contributed by atoms with Gasteiger partial charge in [0.2, 0.25) is 5.91 Å². The summed E-state index contributed by atoms with van der Waals surface area (Å²) in [5.41, 5.74) is 0.810. The van der Waals surface area contributed by atoms with Gasteiger partial charge in [-0.1, -0.05) is 18.2 Å². The van der Waals surface area contributed by atoms with Crippen LogP contribution in [0.25, 0.3) is 0 Å². The molecule has 0 aromatic heterocycles. The van der Waals surface area contributed by atoms with Crippen LogP contribution in [0.5, 0.6) is 0 Å². The van der Waals surface area contributed by atoms with Crippen LogP contribution >= 0.6 is 0 Å². The van der Waals surface area contributed by atoms with E-state index in [1.54, 1.807) is 0 Å². The van der Waals surface area contributed by atoms with Crippen molar-refractivity contribution in [2.24, 2.45) is 5.41 Å². The first-order chi connectivity index (χ1) is 10.0. The number of nitrogens with one attached hydrogen (secondary N) is 1. The summed E-state index contributed by atoms with van der Waals surface area (Å²) in [6.07, 6.45) is 0. The second-order valence-corrected chi connectivity index (χ2v) is 6.28. The first-order valence-electron chi connectivity index (χ1n) is 7.84. The monoisotopic (exact) mass is 289 g/mol. The van der Waals surface area contributed by atoms with E-state index in [0.29, 0.717) is 0 Å². The molecule has 0 atom stereocenters. The van der Waals surface area contributed by atoms with Crippen LogP contribution in [0, 0.1) is 5.41 Å². The largest absolute Gasteiger partial charge is 0.371 e. The molecule has 1 aliphatic rings. The highest BCUT2D eigenvalue weighted by molar-refractivity contribution is 5.83. The van der Waals surface area contributed by atoms with Gasteiger partial charge in [0.15, 0.2) is 0 Å². The van der Waals surface area contributed by atoms with Crippen LogP contribution in [0.15, 0.2) is 30.3 Å². The smallest absolute Gasteiger partial charge is 0.230 e. The van der Waals surface area contributed by atoms with Crippen LogP contribution in [0.4, 0.5) is 5.69 Å².